The molecule has 0 aliphatic heterocycles. The predicted molar refractivity (Wildman–Crippen MR) is 232 cm³/mol. The van der Waals surface area contributed by atoms with Crippen LogP contribution in [-0.4, -0.2) is 18.5 Å². The molecule has 0 fully saturated rings. The second-order valence-electron chi connectivity index (χ2n) is 14.8. The van der Waals surface area contributed by atoms with Crippen molar-refractivity contribution >= 4 is 93.1 Å². The van der Waals surface area contributed by atoms with Gasteiger partial charge in [-0.3, -0.25) is 4.40 Å². The molecule has 5 aromatic heterocycles. The van der Waals surface area contributed by atoms with E-state index in [4.69, 9.17) is 9.40 Å². The monoisotopic (exact) mass is 714 g/mol. The van der Waals surface area contributed by atoms with Crippen LogP contribution in [0.4, 0.5) is 0 Å². The highest BCUT2D eigenvalue weighted by molar-refractivity contribution is 6.19. The van der Waals surface area contributed by atoms with Crippen LogP contribution >= 0.6 is 0 Å². The summed E-state index contributed by atoms with van der Waals surface area (Å²) in [6.07, 6.45) is 0. The van der Waals surface area contributed by atoms with Crippen molar-refractivity contribution in [2.75, 3.05) is 0 Å². The molecule has 13 rings (SSSR count). The Hall–Kier alpha value is -7.63. The maximum Gasteiger partial charge on any atom is 0.160 e. The smallest absolute Gasteiger partial charge is 0.160 e. The lowest BCUT2D eigenvalue weighted by atomic mass is 10.0. The minimum Gasteiger partial charge on any atom is -0.454 e. The number of fused-ring (bicyclic) bond motifs is 16. The molecule has 0 bridgehead atoms. The third kappa shape index (κ3) is 3.95. The van der Waals surface area contributed by atoms with Crippen LogP contribution in [0, 0.1) is 0 Å². The van der Waals surface area contributed by atoms with Gasteiger partial charge in [0.05, 0.1) is 33.1 Å². The molecule has 260 valence electrons. The number of imidazole rings is 1. The Labute approximate surface area is 319 Å². The summed E-state index contributed by atoms with van der Waals surface area (Å²) in [7, 11) is 0. The number of rotatable bonds is 3. The fourth-order valence-corrected chi connectivity index (χ4v) is 9.36. The van der Waals surface area contributed by atoms with E-state index in [0.29, 0.717) is 0 Å². The van der Waals surface area contributed by atoms with Crippen molar-refractivity contribution in [3.63, 3.8) is 0 Å². The molecule has 8 aromatic carbocycles. The molecule has 0 spiro atoms. The molecule has 5 heteroatoms. The molecule has 0 aliphatic rings. The highest BCUT2D eigenvalue weighted by Gasteiger charge is 2.21. The van der Waals surface area contributed by atoms with Crippen LogP contribution in [0.15, 0.2) is 186 Å². The fourth-order valence-electron chi connectivity index (χ4n) is 9.36. The summed E-state index contributed by atoms with van der Waals surface area (Å²) in [4.78, 5) is 5.13. The number of nitrogens with zero attached hydrogens (tertiary/aromatic N) is 4. The van der Waals surface area contributed by atoms with Crippen LogP contribution in [0.25, 0.3) is 116 Å². The normalized spacial score (nSPS) is 12.3. The third-order valence-electron chi connectivity index (χ3n) is 11.8. The quantitative estimate of drug-likeness (QED) is 0.183. The van der Waals surface area contributed by atoms with Gasteiger partial charge in [0.2, 0.25) is 0 Å². The molecular formula is C51H30N4O. The number of benzene rings is 8. The first-order valence-electron chi connectivity index (χ1n) is 19.1. The summed E-state index contributed by atoms with van der Waals surface area (Å²) in [5.41, 5.74) is 15.1. The van der Waals surface area contributed by atoms with E-state index >= 15 is 0 Å². The van der Waals surface area contributed by atoms with Crippen LogP contribution < -0.4 is 0 Å². The van der Waals surface area contributed by atoms with Gasteiger partial charge < -0.3 is 13.6 Å². The summed E-state index contributed by atoms with van der Waals surface area (Å²) in [6, 6.07) is 65.3. The average molecular weight is 715 g/mol. The minimum absolute atomic E-state index is 0.853. The van der Waals surface area contributed by atoms with Gasteiger partial charge in [-0.2, -0.15) is 0 Å². The molecule has 0 radical (unpaired) electrons. The third-order valence-corrected chi connectivity index (χ3v) is 11.8. The first-order chi connectivity index (χ1) is 27.8. The Morgan fingerprint density at radius 3 is 1.62 bits per heavy atom. The molecule has 13 aromatic rings. The Morgan fingerprint density at radius 1 is 0.375 bits per heavy atom. The number of furan rings is 1. The topological polar surface area (TPSA) is 40.3 Å². The second-order valence-corrected chi connectivity index (χ2v) is 14.8. The molecule has 0 atom stereocenters. The zero-order valence-corrected chi connectivity index (χ0v) is 30.0. The largest absolute Gasteiger partial charge is 0.454 e. The van der Waals surface area contributed by atoms with Crippen molar-refractivity contribution in [1.82, 2.24) is 18.5 Å². The summed E-state index contributed by atoms with van der Waals surface area (Å²) >= 11 is 0. The lowest BCUT2D eigenvalue weighted by molar-refractivity contribution is 0.672. The summed E-state index contributed by atoms with van der Waals surface area (Å²) in [5, 5.41) is 8.14. The molecule has 0 amide bonds. The molecule has 0 aliphatic carbocycles. The number of para-hydroxylation sites is 5. The molecule has 0 saturated heterocycles. The van der Waals surface area contributed by atoms with Gasteiger partial charge in [0.25, 0.3) is 0 Å². The number of pyridine rings is 1. The lowest BCUT2D eigenvalue weighted by Gasteiger charge is -2.10. The van der Waals surface area contributed by atoms with Crippen LogP contribution in [-0.2, 0) is 0 Å². The van der Waals surface area contributed by atoms with Gasteiger partial charge in [-0.1, -0.05) is 103 Å². The predicted octanol–water partition coefficient (Wildman–Crippen LogP) is 13.4. The first kappa shape index (κ1) is 29.8. The molecule has 0 saturated carbocycles. The van der Waals surface area contributed by atoms with Gasteiger partial charge in [0, 0.05) is 49.1 Å². The lowest BCUT2D eigenvalue weighted by Crippen LogP contribution is -1.94. The minimum atomic E-state index is 0.853. The van der Waals surface area contributed by atoms with Crippen LogP contribution in [0.1, 0.15) is 0 Å². The molecule has 0 unspecified atom stereocenters. The van der Waals surface area contributed by atoms with Crippen molar-refractivity contribution in [2.45, 2.75) is 0 Å². The van der Waals surface area contributed by atoms with Gasteiger partial charge in [0.1, 0.15) is 16.7 Å². The van der Waals surface area contributed by atoms with Gasteiger partial charge in [0.15, 0.2) is 5.58 Å². The maximum atomic E-state index is 6.73. The van der Waals surface area contributed by atoms with Gasteiger partial charge in [-0.05, 0) is 90.0 Å². The Morgan fingerprint density at radius 2 is 0.929 bits per heavy atom. The van der Waals surface area contributed by atoms with E-state index in [0.717, 1.165) is 66.2 Å². The molecule has 56 heavy (non-hydrogen) atoms. The Kier molecular flexibility index (Phi) is 5.83. The van der Waals surface area contributed by atoms with E-state index in [1.54, 1.807) is 0 Å². The van der Waals surface area contributed by atoms with Gasteiger partial charge in [-0.15, -0.1) is 0 Å². The summed E-state index contributed by atoms with van der Waals surface area (Å²) in [5.74, 6) is 0. The van der Waals surface area contributed by atoms with Gasteiger partial charge >= 0.3 is 0 Å². The van der Waals surface area contributed by atoms with E-state index in [9.17, 15) is 0 Å². The van der Waals surface area contributed by atoms with E-state index in [1.165, 1.54) is 49.4 Å². The van der Waals surface area contributed by atoms with Crippen molar-refractivity contribution in [3.05, 3.63) is 182 Å². The van der Waals surface area contributed by atoms with Crippen molar-refractivity contribution in [1.29, 1.82) is 0 Å². The second kappa shape index (κ2) is 11.0. The van der Waals surface area contributed by atoms with Crippen LogP contribution in [0.2, 0.25) is 0 Å². The summed E-state index contributed by atoms with van der Waals surface area (Å²) in [6.45, 7) is 0. The molecule has 0 N–H and O–H groups in total. The number of hydrogen-bond donors (Lipinski definition) is 0. The average Bonchev–Trinajstić information content (AvgIpc) is 4.01. The first-order valence-corrected chi connectivity index (χ1v) is 19.1. The van der Waals surface area contributed by atoms with Crippen molar-refractivity contribution in [3.8, 4) is 22.5 Å². The zero-order chi connectivity index (χ0) is 36.5. The maximum absolute atomic E-state index is 6.73. The SMILES string of the molecule is c1ccc(-n2c3ccccc3c3cc(-c4ccc5c(c4)c4ccccc4n5-c4ccc5oc6c7ccccc7c7nc8ccccc8n7c6c5c4)ccc32)cc1. The number of aromatic nitrogens is 4. The van der Waals surface area contributed by atoms with Gasteiger partial charge in [-0.25, -0.2) is 4.98 Å². The van der Waals surface area contributed by atoms with E-state index in [2.05, 4.69) is 196 Å². The van der Waals surface area contributed by atoms with Crippen LogP contribution in [0.5, 0.6) is 0 Å². The van der Waals surface area contributed by atoms with Crippen molar-refractivity contribution in [2.24, 2.45) is 0 Å². The Bertz CT molecular complexity index is 3770. The molecule has 5 heterocycles. The Balaban J connectivity index is 1.03. The summed E-state index contributed by atoms with van der Waals surface area (Å²) < 4.78 is 13.8. The molecule has 5 nitrogen and oxygen atoms in total. The van der Waals surface area contributed by atoms with E-state index < -0.39 is 0 Å². The molecular weight excluding hydrogens is 685 g/mol. The van der Waals surface area contributed by atoms with Crippen molar-refractivity contribution < 1.29 is 4.42 Å². The number of hydrogen-bond acceptors (Lipinski definition) is 2. The van der Waals surface area contributed by atoms with E-state index in [1.807, 2.05) is 0 Å². The highest BCUT2D eigenvalue weighted by atomic mass is 16.3. The highest BCUT2D eigenvalue weighted by Crippen LogP contribution is 2.41. The zero-order valence-electron chi connectivity index (χ0n) is 30.0. The van der Waals surface area contributed by atoms with Crippen LogP contribution in [0.3, 0.4) is 0 Å². The van der Waals surface area contributed by atoms with E-state index in [-0.39, 0.29) is 0 Å². The fraction of sp³-hybridized carbons (Fsp3) is 0. The standard InChI is InChI=1S/C51H30N4O/c1-2-12-33(13-3-1)53-43-19-9-6-14-35(43)39-28-31(22-25-45(39)53)32-23-26-46-40(29-32)36-15-7-10-20-44(36)54(46)34-24-27-48-41(30-34)49-50(56-48)37-16-4-5-17-38(37)51-52-42-18-8-11-21-47(42)55(49)51/h1-30H.